The van der Waals surface area contributed by atoms with Crippen molar-refractivity contribution in [2.45, 2.75) is 13.5 Å². The molecule has 0 unspecified atom stereocenters. The number of halogens is 1. The van der Waals surface area contributed by atoms with Crippen molar-refractivity contribution in [3.8, 4) is 11.5 Å². The Labute approximate surface area is 198 Å². The Morgan fingerprint density at radius 2 is 1.87 bits per heavy atom. The van der Waals surface area contributed by atoms with Crippen LogP contribution >= 0.6 is 34.4 Å². The molecule has 5 nitrogen and oxygen atoms in total. The molecule has 0 atom stereocenters. The Morgan fingerprint density at radius 1 is 1.10 bits per heavy atom. The zero-order valence-electron chi connectivity index (χ0n) is 17.1. The van der Waals surface area contributed by atoms with Crippen LogP contribution in [0.2, 0.25) is 0 Å². The molecule has 1 heterocycles. The number of methoxy groups -OCH3 is 1. The molecule has 1 aliphatic heterocycles. The Hall–Kier alpha value is -2.52. The minimum Gasteiger partial charge on any atom is -0.493 e. The van der Waals surface area contributed by atoms with E-state index in [2.05, 4.69) is 22.6 Å². The van der Waals surface area contributed by atoms with Gasteiger partial charge in [-0.25, -0.2) is 0 Å². The summed E-state index contributed by atoms with van der Waals surface area (Å²) in [5.74, 6) is 0.979. The largest absolute Gasteiger partial charge is 0.493 e. The minimum atomic E-state index is -0.286. The van der Waals surface area contributed by atoms with Crippen molar-refractivity contribution in [1.82, 2.24) is 4.90 Å². The molecular weight excluding hydrogens is 525 g/mol. The van der Waals surface area contributed by atoms with Gasteiger partial charge < -0.3 is 9.47 Å². The fraction of sp³-hybridized carbons (Fsp3) is 0.167. The van der Waals surface area contributed by atoms with Gasteiger partial charge in [0.1, 0.15) is 0 Å². The highest BCUT2D eigenvalue weighted by Crippen LogP contribution is 2.38. The van der Waals surface area contributed by atoms with E-state index in [0.717, 1.165) is 37.2 Å². The summed E-state index contributed by atoms with van der Waals surface area (Å²) in [6.45, 7) is 2.68. The lowest BCUT2D eigenvalue weighted by Gasteiger charge is -2.14. The van der Waals surface area contributed by atoms with Crippen LogP contribution in [-0.2, 0) is 11.3 Å². The molecule has 1 saturated heterocycles. The maximum Gasteiger partial charge on any atom is 0.293 e. The van der Waals surface area contributed by atoms with Gasteiger partial charge in [0.05, 0.1) is 28.7 Å². The van der Waals surface area contributed by atoms with Crippen LogP contribution in [0.5, 0.6) is 11.5 Å². The number of carbonyl (C=O) groups excluding carboxylic acids is 2. The normalized spacial score (nSPS) is 15.2. The molecule has 1 fully saturated rings. The van der Waals surface area contributed by atoms with Crippen molar-refractivity contribution >= 4 is 62.3 Å². The van der Waals surface area contributed by atoms with Crippen molar-refractivity contribution in [3.63, 3.8) is 0 Å². The van der Waals surface area contributed by atoms with Gasteiger partial charge in [-0.2, -0.15) is 0 Å². The molecule has 3 aromatic rings. The van der Waals surface area contributed by atoms with Gasteiger partial charge in [0.2, 0.25) is 0 Å². The molecule has 3 aromatic carbocycles. The number of ether oxygens (including phenoxy) is 2. The first kappa shape index (κ1) is 21.7. The van der Waals surface area contributed by atoms with E-state index in [-0.39, 0.29) is 17.7 Å². The topological polar surface area (TPSA) is 55.8 Å². The second kappa shape index (κ2) is 9.32. The maximum absolute atomic E-state index is 13.0. The van der Waals surface area contributed by atoms with Gasteiger partial charge in [0.15, 0.2) is 11.5 Å². The molecule has 0 radical (unpaired) electrons. The molecule has 4 rings (SSSR count). The summed E-state index contributed by atoms with van der Waals surface area (Å²) in [7, 11) is 1.58. The molecule has 0 aliphatic carbocycles. The quantitative estimate of drug-likeness (QED) is 0.277. The third kappa shape index (κ3) is 4.43. The Balaban J connectivity index is 1.62. The Kier molecular flexibility index (Phi) is 6.52. The molecule has 1 aliphatic rings. The summed E-state index contributed by atoms with van der Waals surface area (Å²) in [4.78, 5) is 27.4. The molecule has 31 heavy (non-hydrogen) atoms. The molecule has 7 heteroatoms. The van der Waals surface area contributed by atoms with Crippen LogP contribution in [0.15, 0.2) is 59.5 Å². The monoisotopic (exact) mass is 545 g/mol. The number of nitrogens with zero attached hydrogens (tertiary/aromatic N) is 1. The van der Waals surface area contributed by atoms with E-state index in [4.69, 9.17) is 9.47 Å². The number of benzene rings is 3. The van der Waals surface area contributed by atoms with Crippen molar-refractivity contribution in [1.29, 1.82) is 0 Å². The van der Waals surface area contributed by atoms with E-state index in [1.807, 2.05) is 61.5 Å². The summed E-state index contributed by atoms with van der Waals surface area (Å²) in [5, 5.41) is 1.86. The number of rotatable bonds is 6. The van der Waals surface area contributed by atoms with Gasteiger partial charge in [0.25, 0.3) is 11.1 Å². The van der Waals surface area contributed by atoms with E-state index in [1.54, 1.807) is 13.2 Å². The van der Waals surface area contributed by atoms with Gasteiger partial charge in [-0.15, -0.1) is 0 Å². The third-order valence-electron chi connectivity index (χ3n) is 4.92. The number of fused-ring (bicyclic) bond motifs is 1. The van der Waals surface area contributed by atoms with Crippen LogP contribution in [0.1, 0.15) is 18.1 Å². The SMILES string of the molecule is CCOc1c(I)cc(/C=C2\SC(=O)N(Cc3cccc4ccccc34)C2=O)cc1OC. The van der Waals surface area contributed by atoms with Crippen LogP contribution in [0.25, 0.3) is 16.8 Å². The van der Waals surface area contributed by atoms with Crippen molar-refractivity contribution in [3.05, 3.63) is 74.2 Å². The lowest BCUT2D eigenvalue weighted by molar-refractivity contribution is -0.123. The van der Waals surface area contributed by atoms with E-state index in [1.165, 1.54) is 4.90 Å². The van der Waals surface area contributed by atoms with Crippen LogP contribution in [0.3, 0.4) is 0 Å². The van der Waals surface area contributed by atoms with Crippen LogP contribution < -0.4 is 9.47 Å². The van der Waals surface area contributed by atoms with Gasteiger partial charge in [-0.3, -0.25) is 14.5 Å². The molecule has 0 saturated carbocycles. The fourth-order valence-electron chi connectivity index (χ4n) is 3.50. The van der Waals surface area contributed by atoms with E-state index in [0.29, 0.717) is 23.0 Å². The average molecular weight is 545 g/mol. The lowest BCUT2D eigenvalue weighted by atomic mass is 10.0. The summed E-state index contributed by atoms with van der Waals surface area (Å²) >= 11 is 3.14. The first-order valence-electron chi connectivity index (χ1n) is 9.74. The molecule has 0 N–H and O–H groups in total. The second-order valence-corrected chi connectivity index (χ2v) is 9.03. The average Bonchev–Trinajstić information content (AvgIpc) is 3.03. The van der Waals surface area contributed by atoms with Gasteiger partial charge in [0, 0.05) is 0 Å². The number of carbonyl (C=O) groups is 2. The first-order valence-corrected chi connectivity index (χ1v) is 11.6. The number of imide groups is 1. The highest BCUT2D eigenvalue weighted by atomic mass is 127. The molecule has 0 bridgehead atoms. The van der Waals surface area contributed by atoms with Gasteiger partial charge in [-0.05, 0) is 81.4 Å². The molecule has 0 spiro atoms. The minimum absolute atomic E-state index is 0.244. The van der Waals surface area contributed by atoms with Gasteiger partial charge >= 0.3 is 0 Å². The number of hydrogen-bond donors (Lipinski definition) is 0. The Bertz CT molecular complexity index is 1200. The van der Waals surface area contributed by atoms with E-state index in [9.17, 15) is 9.59 Å². The number of amides is 2. The highest BCUT2D eigenvalue weighted by Gasteiger charge is 2.35. The van der Waals surface area contributed by atoms with Crippen molar-refractivity contribution in [2.24, 2.45) is 0 Å². The fourth-order valence-corrected chi connectivity index (χ4v) is 5.12. The predicted octanol–water partition coefficient (Wildman–Crippen LogP) is 6.09. The highest BCUT2D eigenvalue weighted by molar-refractivity contribution is 14.1. The summed E-state index contributed by atoms with van der Waals surface area (Å²) in [5.41, 5.74) is 1.72. The number of thioether (sulfide) groups is 1. The molecule has 158 valence electrons. The van der Waals surface area contributed by atoms with Crippen LogP contribution in [0.4, 0.5) is 4.79 Å². The van der Waals surface area contributed by atoms with Crippen molar-refractivity contribution in [2.75, 3.05) is 13.7 Å². The molecule has 0 aromatic heterocycles. The predicted molar refractivity (Wildman–Crippen MR) is 132 cm³/mol. The molecule has 2 amide bonds. The zero-order valence-corrected chi connectivity index (χ0v) is 20.0. The van der Waals surface area contributed by atoms with Crippen molar-refractivity contribution < 1.29 is 19.1 Å². The van der Waals surface area contributed by atoms with E-state index >= 15 is 0 Å². The zero-order chi connectivity index (χ0) is 22.0. The lowest BCUT2D eigenvalue weighted by Crippen LogP contribution is -2.27. The number of hydrogen-bond acceptors (Lipinski definition) is 5. The van der Waals surface area contributed by atoms with E-state index < -0.39 is 0 Å². The summed E-state index contributed by atoms with van der Waals surface area (Å²) in [6.07, 6.45) is 1.73. The first-order chi connectivity index (χ1) is 15.0. The molecular formula is C24H20INO4S. The standard InChI is InChI=1S/C24H20INO4S/c1-3-30-22-19(25)11-15(12-20(22)29-2)13-21-23(27)26(24(28)31-21)14-17-9-6-8-16-7-4-5-10-18(16)17/h4-13H,3,14H2,1-2H3/b21-13-. The Morgan fingerprint density at radius 3 is 2.65 bits per heavy atom. The van der Waals surface area contributed by atoms with Crippen LogP contribution in [0, 0.1) is 3.57 Å². The summed E-state index contributed by atoms with van der Waals surface area (Å²) < 4.78 is 12.0. The summed E-state index contributed by atoms with van der Waals surface area (Å²) in [6, 6.07) is 17.6. The third-order valence-corrected chi connectivity index (χ3v) is 6.63. The van der Waals surface area contributed by atoms with Crippen LogP contribution in [-0.4, -0.2) is 29.8 Å². The van der Waals surface area contributed by atoms with Gasteiger partial charge in [-0.1, -0.05) is 42.5 Å². The smallest absolute Gasteiger partial charge is 0.293 e. The second-order valence-electron chi connectivity index (χ2n) is 6.87. The maximum atomic E-state index is 13.0.